The summed E-state index contributed by atoms with van der Waals surface area (Å²) in [6.45, 7) is 0.205. The first-order valence-electron chi connectivity index (χ1n) is 8.09. The van der Waals surface area contributed by atoms with Gasteiger partial charge in [0.25, 0.3) is 0 Å². The molecule has 0 aliphatic rings. The van der Waals surface area contributed by atoms with E-state index in [1.165, 1.54) is 11.0 Å². The summed E-state index contributed by atoms with van der Waals surface area (Å²) < 4.78 is 19.8. The zero-order chi connectivity index (χ0) is 18.5. The van der Waals surface area contributed by atoms with Crippen molar-refractivity contribution in [2.24, 2.45) is 0 Å². The Hall–Kier alpha value is -2.54. The van der Waals surface area contributed by atoms with Crippen LogP contribution in [0.4, 0.5) is 4.39 Å². The third-order valence-corrected chi connectivity index (χ3v) is 4.41. The first-order chi connectivity index (χ1) is 12.5. The van der Waals surface area contributed by atoms with E-state index in [1.54, 1.807) is 25.2 Å². The van der Waals surface area contributed by atoms with Gasteiger partial charge in [-0.15, -0.1) is 0 Å². The number of rotatable bonds is 6. The van der Waals surface area contributed by atoms with Crippen LogP contribution in [-0.4, -0.2) is 28.0 Å². The molecule has 0 N–H and O–H groups in total. The molecule has 2 aromatic carbocycles. The van der Waals surface area contributed by atoms with Crippen LogP contribution in [0.1, 0.15) is 17.9 Å². The molecule has 3 aromatic rings. The average molecular weight is 418 g/mol. The van der Waals surface area contributed by atoms with Crippen LogP contribution in [-0.2, 0) is 17.8 Å². The molecule has 5 nitrogen and oxygen atoms in total. The van der Waals surface area contributed by atoms with Crippen LogP contribution in [0.3, 0.4) is 0 Å². The van der Waals surface area contributed by atoms with E-state index in [1.807, 2.05) is 24.3 Å². The van der Waals surface area contributed by atoms with E-state index < -0.39 is 0 Å². The van der Waals surface area contributed by atoms with Gasteiger partial charge in [-0.3, -0.25) is 4.79 Å². The Balaban J connectivity index is 1.58. The normalized spacial score (nSPS) is 10.7. The van der Waals surface area contributed by atoms with Crippen LogP contribution in [0.2, 0.25) is 0 Å². The van der Waals surface area contributed by atoms with Crippen molar-refractivity contribution in [2.45, 2.75) is 19.4 Å². The number of hydrogen-bond acceptors (Lipinski definition) is 4. The molecule has 0 aliphatic carbocycles. The number of halogens is 2. The van der Waals surface area contributed by atoms with Crippen molar-refractivity contribution in [2.75, 3.05) is 7.05 Å². The third kappa shape index (κ3) is 4.54. The second kappa shape index (κ2) is 8.23. The lowest BCUT2D eigenvalue weighted by atomic mass is 10.1. The van der Waals surface area contributed by atoms with Crippen molar-refractivity contribution in [3.63, 3.8) is 0 Å². The Morgan fingerprint density at radius 2 is 2.04 bits per heavy atom. The van der Waals surface area contributed by atoms with Gasteiger partial charge in [0.15, 0.2) is 0 Å². The van der Waals surface area contributed by atoms with Gasteiger partial charge in [-0.05, 0) is 30.2 Å². The van der Waals surface area contributed by atoms with Crippen molar-refractivity contribution in [1.82, 2.24) is 15.0 Å². The van der Waals surface area contributed by atoms with Gasteiger partial charge >= 0.3 is 0 Å². The van der Waals surface area contributed by atoms with E-state index >= 15 is 0 Å². The third-order valence-electron chi connectivity index (χ3n) is 3.92. The van der Waals surface area contributed by atoms with Gasteiger partial charge in [0, 0.05) is 23.5 Å². The van der Waals surface area contributed by atoms with Gasteiger partial charge in [-0.25, -0.2) is 4.39 Å². The molecule has 0 bridgehead atoms. The van der Waals surface area contributed by atoms with E-state index in [-0.39, 0.29) is 24.7 Å². The molecule has 7 heteroatoms. The Kier molecular flexibility index (Phi) is 5.78. The number of carbonyl (C=O) groups excluding carboxylic acids is 1. The van der Waals surface area contributed by atoms with Crippen molar-refractivity contribution >= 4 is 21.8 Å². The summed E-state index contributed by atoms with van der Waals surface area (Å²) in [5, 5.41) is 3.95. The van der Waals surface area contributed by atoms with Crippen LogP contribution >= 0.6 is 15.9 Å². The molecule has 0 spiro atoms. The lowest BCUT2D eigenvalue weighted by molar-refractivity contribution is -0.130. The summed E-state index contributed by atoms with van der Waals surface area (Å²) in [6, 6.07) is 14.0. The van der Waals surface area contributed by atoms with E-state index in [0.29, 0.717) is 23.7 Å². The molecule has 26 heavy (non-hydrogen) atoms. The van der Waals surface area contributed by atoms with Crippen LogP contribution in [0.15, 0.2) is 57.5 Å². The fourth-order valence-electron chi connectivity index (χ4n) is 2.49. The van der Waals surface area contributed by atoms with Gasteiger partial charge < -0.3 is 9.42 Å². The summed E-state index contributed by atoms with van der Waals surface area (Å²) in [6.07, 6.45) is 0.563. The number of aryl methyl sites for hydroxylation is 1. The molecular formula is C19H17BrFN3O2. The lowest BCUT2D eigenvalue weighted by Crippen LogP contribution is -2.26. The molecule has 0 aliphatic heterocycles. The fraction of sp³-hybridized carbons (Fsp3) is 0.211. The van der Waals surface area contributed by atoms with Crippen LogP contribution in [0, 0.1) is 5.82 Å². The monoisotopic (exact) mass is 417 g/mol. The van der Waals surface area contributed by atoms with Crippen LogP contribution in [0.5, 0.6) is 0 Å². The SMILES string of the molecule is CN(Cc1nc(-c2cccc(Br)c2)no1)C(=O)CCc1ccccc1F. The van der Waals surface area contributed by atoms with Crippen LogP contribution in [0.25, 0.3) is 11.4 Å². The Morgan fingerprint density at radius 3 is 2.81 bits per heavy atom. The van der Waals surface area contributed by atoms with Gasteiger partial charge in [0.1, 0.15) is 5.82 Å². The minimum atomic E-state index is -0.293. The Bertz CT molecular complexity index is 913. The van der Waals surface area contributed by atoms with E-state index in [2.05, 4.69) is 26.1 Å². The highest BCUT2D eigenvalue weighted by molar-refractivity contribution is 9.10. The number of carbonyl (C=O) groups is 1. The molecule has 1 aromatic heterocycles. The summed E-state index contributed by atoms with van der Waals surface area (Å²) in [5.74, 6) is 0.407. The van der Waals surface area contributed by atoms with Crippen molar-refractivity contribution in [3.05, 3.63) is 70.3 Å². The van der Waals surface area contributed by atoms with Crippen molar-refractivity contribution in [3.8, 4) is 11.4 Å². The van der Waals surface area contributed by atoms with E-state index in [9.17, 15) is 9.18 Å². The summed E-state index contributed by atoms with van der Waals surface area (Å²) in [5.41, 5.74) is 1.35. The quantitative estimate of drug-likeness (QED) is 0.601. The number of hydrogen-bond donors (Lipinski definition) is 0. The minimum absolute atomic E-state index is 0.115. The highest BCUT2D eigenvalue weighted by Gasteiger charge is 2.15. The zero-order valence-electron chi connectivity index (χ0n) is 14.2. The maximum atomic E-state index is 13.6. The maximum absolute atomic E-state index is 13.6. The molecule has 134 valence electrons. The molecular weight excluding hydrogens is 401 g/mol. The maximum Gasteiger partial charge on any atom is 0.246 e. The molecule has 0 atom stereocenters. The second-order valence-electron chi connectivity index (χ2n) is 5.86. The first-order valence-corrected chi connectivity index (χ1v) is 8.88. The lowest BCUT2D eigenvalue weighted by Gasteiger charge is -2.14. The van der Waals surface area contributed by atoms with E-state index in [0.717, 1.165) is 10.0 Å². The summed E-state index contributed by atoms with van der Waals surface area (Å²) >= 11 is 3.40. The van der Waals surface area contributed by atoms with Crippen molar-refractivity contribution in [1.29, 1.82) is 0 Å². The number of nitrogens with zero attached hydrogens (tertiary/aromatic N) is 3. The number of benzene rings is 2. The first kappa shape index (κ1) is 18.3. The molecule has 0 radical (unpaired) electrons. The average Bonchev–Trinajstić information content (AvgIpc) is 3.09. The Labute approximate surface area is 159 Å². The predicted molar refractivity (Wildman–Crippen MR) is 98.6 cm³/mol. The molecule has 1 amide bonds. The summed E-state index contributed by atoms with van der Waals surface area (Å²) in [4.78, 5) is 18.1. The highest BCUT2D eigenvalue weighted by Crippen LogP contribution is 2.20. The number of aromatic nitrogens is 2. The van der Waals surface area contributed by atoms with Gasteiger partial charge in [-0.2, -0.15) is 4.98 Å². The fourth-order valence-corrected chi connectivity index (χ4v) is 2.89. The Morgan fingerprint density at radius 1 is 1.23 bits per heavy atom. The minimum Gasteiger partial charge on any atom is -0.337 e. The van der Waals surface area contributed by atoms with Crippen molar-refractivity contribution < 1.29 is 13.7 Å². The largest absolute Gasteiger partial charge is 0.337 e. The molecule has 0 fully saturated rings. The van der Waals surface area contributed by atoms with Gasteiger partial charge in [-0.1, -0.05) is 51.4 Å². The number of amides is 1. The molecule has 0 saturated heterocycles. The second-order valence-corrected chi connectivity index (χ2v) is 6.78. The molecule has 3 rings (SSSR count). The van der Waals surface area contributed by atoms with E-state index in [4.69, 9.17) is 4.52 Å². The molecule has 1 heterocycles. The van der Waals surface area contributed by atoms with Gasteiger partial charge in [0.05, 0.1) is 6.54 Å². The summed E-state index contributed by atoms with van der Waals surface area (Å²) in [7, 11) is 1.66. The smallest absolute Gasteiger partial charge is 0.246 e. The standard InChI is InChI=1S/C19H17BrFN3O2/c1-24(18(25)10-9-13-5-2-3-8-16(13)21)12-17-22-19(23-26-17)14-6-4-7-15(20)11-14/h2-8,11H,9-10,12H2,1H3. The zero-order valence-corrected chi connectivity index (χ0v) is 15.7. The molecule has 0 unspecified atom stereocenters. The predicted octanol–water partition coefficient (Wildman–Crippen LogP) is 4.23. The molecule has 0 saturated carbocycles. The topological polar surface area (TPSA) is 59.2 Å². The van der Waals surface area contributed by atoms with Crippen LogP contribution < -0.4 is 0 Å². The highest BCUT2D eigenvalue weighted by atomic mass is 79.9. The van der Waals surface area contributed by atoms with Gasteiger partial charge in [0.2, 0.25) is 17.6 Å².